The highest BCUT2D eigenvalue weighted by Gasteiger charge is 2.20. The highest BCUT2D eigenvalue weighted by molar-refractivity contribution is 5.89. The van der Waals surface area contributed by atoms with E-state index in [1.54, 1.807) is 26.0 Å². The fourth-order valence-corrected chi connectivity index (χ4v) is 2.60. The maximum Gasteiger partial charge on any atom is 0.338 e. The van der Waals surface area contributed by atoms with Gasteiger partial charge in [-0.15, -0.1) is 0 Å². The van der Waals surface area contributed by atoms with Gasteiger partial charge >= 0.3 is 11.9 Å². The number of carbonyl (C=O) groups is 2. The average Bonchev–Trinajstić information content (AvgIpc) is 2.61. The van der Waals surface area contributed by atoms with Crippen LogP contribution in [-0.2, 0) is 14.3 Å². The molecule has 0 fully saturated rings. The average molecular weight is 326 g/mol. The summed E-state index contributed by atoms with van der Waals surface area (Å²) in [7, 11) is 0. The van der Waals surface area contributed by atoms with E-state index in [4.69, 9.17) is 9.47 Å². The minimum atomic E-state index is -0.359. The molecule has 2 aromatic rings. The van der Waals surface area contributed by atoms with Crippen molar-refractivity contribution < 1.29 is 19.1 Å². The van der Waals surface area contributed by atoms with E-state index in [2.05, 4.69) is 0 Å². The zero-order valence-electron chi connectivity index (χ0n) is 14.0. The molecule has 0 aliphatic rings. The SMILES string of the molecule is CCOC(=O)C[C@@H](c1ccccc1)c1cccc(C(=O)OCC)c1. The van der Waals surface area contributed by atoms with Gasteiger partial charge in [0.1, 0.15) is 0 Å². The van der Waals surface area contributed by atoms with E-state index >= 15 is 0 Å². The van der Waals surface area contributed by atoms with Crippen LogP contribution in [0.2, 0.25) is 0 Å². The maximum absolute atomic E-state index is 12.0. The standard InChI is InChI=1S/C20H22O4/c1-3-23-19(21)14-18(15-9-6-5-7-10-15)16-11-8-12-17(13-16)20(22)24-4-2/h5-13,18H,3-4,14H2,1-2H3/t18-/m0/s1. The van der Waals surface area contributed by atoms with Crippen molar-refractivity contribution in [3.63, 3.8) is 0 Å². The molecule has 2 aromatic carbocycles. The third-order valence-corrected chi connectivity index (χ3v) is 3.68. The van der Waals surface area contributed by atoms with Crippen LogP contribution in [0.25, 0.3) is 0 Å². The molecule has 0 amide bonds. The molecule has 0 bridgehead atoms. The van der Waals surface area contributed by atoms with E-state index in [0.29, 0.717) is 18.8 Å². The van der Waals surface area contributed by atoms with E-state index in [9.17, 15) is 9.59 Å². The lowest BCUT2D eigenvalue weighted by Gasteiger charge is -2.18. The van der Waals surface area contributed by atoms with Gasteiger partial charge in [0.25, 0.3) is 0 Å². The molecule has 4 nitrogen and oxygen atoms in total. The lowest BCUT2D eigenvalue weighted by molar-refractivity contribution is -0.143. The number of hydrogen-bond donors (Lipinski definition) is 0. The molecule has 0 N–H and O–H groups in total. The van der Waals surface area contributed by atoms with Gasteiger partial charge in [-0.25, -0.2) is 4.79 Å². The summed E-state index contributed by atoms with van der Waals surface area (Å²) in [5.41, 5.74) is 2.38. The second-order valence-electron chi connectivity index (χ2n) is 5.32. The molecule has 126 valence electrons. The quantitative estimate of drug-likeness (QED) is 0.723. The van der Waals surface area contributed by atoms with Crippen LogP contribution in [0.15, 0.2) is 54.6 Å². The van der Waals surface area contributed by atoms with Gasteiger partial charge in [-0.3, -0.25) is 4.79 Å². The lowest BCUT2D eigenvalue weighted by atomic mass is 9.88. The third kappa shape index (κ3) is 4.69. The first-order chi connectivity index (χ1) is 11.7. The summed E-state index contributed by atoms with van der Waals surface area (Å²) in [5, 5.41) is 0. The van der Waals surface area contributed by atoms with Gasteiger partial charge in [-0.1, -0.05) is 42.5 Å². The number of rotatable bonds is 7. The van der Waals surface area contributed by atoms with Gasteiger partial charge < -0.3 is 9.47 Å². The van der Waals surface area contributed by atoms with Crippen molar-refractivity contribution in [1.82, 2.24) is 0 Å². The molecular weight excluding hydrogens is 304 g/mol. The first kappa shape index (κ1) is 17.7. The second-order valence-corrected chi connectivity index (χ2v) is 5.32. The summed E-state index contributed by atoms with van der Waals surface area (Å²) in [4.78, 5) is 24.0. The predicted molar refractivity (Wildman–Crippen MR) is 91.9 cm³/mol. The summed E-state index contributed by atoms with van der Waals surface area (Å²) in [5.74, 6) is -0.783. The topological polar surface area (TPSA) is 52.6 Å². The van der Waals surface area contributed by atoms with Gasteiger partial charge in [-0.05, 0) is 37.1 Å². The fourth-order valence-electron chi connectivity index (χ4n) is 2.60. The molecular formula is C20H22O4. The molecule has 0 aliphatic heterocycles. The smallest absolute Gasteiger partial charge is 0.338 e. The van der Waals surface area contributed by atoms with Crippen molar-refractivity contribution >= 4 is 11.9 Å². The van der Waals surface area contributed by atoms with Crippen molar-refractivity contribution in [2.45, 2.75) is 26.2 Å². The van der Waals surface area contributed by atoms with Crippen molar-refractivity contribution in [3.8, 4) is 0 Å². The largest absolute Gasteiger partial charge is 0.466 e. The van der Waals surface area contributed by atoms with Gasteiger partial charge in [0.05, 0.1) is 25.2 Å². The van der Waals surface area contributed by atoms with Crippen molar-refractivity contribution in [2.24, 2.45) is 0 Å². The Kier molecular flexibility index (Phi) is 6.55. The highest BCUT2D eigenvalue weighted by Crippen LogP contribution is 2.29. The number of benzene rings is 2. The van der Waals surface area contributed by atoms with Crippen LogP contribution in [0.3, 0.4) is 0 Å². The highest BCUT2D eigenvalue weighted by atomic mass is 16.5. The molecule has 0 saturated carbocycles. The van der Waals surface area contributed by atoms with Crippen LogP contribution in [0.4, 0.5) is 0 Å². The van der Waals surface area contributed by atoms with E-state index in [-0.39, 0.29) is 24.3 Å². The first-order valence-electron chi connectivity index (χ1n) is 8.13. The van der Waals surface area contributed by atoms with Gasteiger partial charge in [0.15, 0.2) is 0 Å². The second kappa shape index (κ2) is 8.87. The minimum absolute atomic E-state index is 0.167. The van der Waals surface area contributed by atoms with Crippen LogP contribution >= 0.6 is 0 Å². The molecule has 0 aromatic heterocycles. The Hall–Kier alpha value is -2.62. The molecule has 1 atom stereocenters. The van der Waals surface area contributed by atoms with E-state index in [0.717, 1.165) is 11.1 Å². The van der Waals surface area contributed by atoms with Crippen LogP contribution in [0.5, 0.6) is 0 Å². The Morgan fingerprint density at radius 3 is 2.21 bits per heavy atom. The molecule has 0 spiro atoms. The molecule has 24 heavy (non-hydrogen) atoms. The summed E-state index contributed by atoms with van der Waals surface area (Å²) < 4.78 is 10.2. The van der Waals surface area contributed by atoms with E-state index < -0.39 is 0 Å². The van der Waals surface area contributed by atoms with Gasteiger partial charge in [0, 0.05) is 5.92 Å². The third-order valence-electron chi connectivity index (χ3n) is 3.68. The predicted octanol–water partition coefficient (Wildman–Crippen LogP) is 3.95. The zero-order chi connectivity index (χ0) is 17.4. The molecule has 0 aliphatic carbocycles. The molecule has 4 heteroatoms. The molecule has 0 unspecified atom stereocenters. The summed E-state index contributed by atoms with van der Waals surface area (Å²) in [6, 6.07) is 17.0. The van der Waals surface area contributed by atoms with Crippen LogP contribution in [0.1, 0.15) is 47.7 Å². The Labute approximate surface area is 142 Å². The first-order valence-corrected chi connectivity index (χ1v) is 8.13. The van der Waals surface area contributed by atoms with Gasteiger partial charge in [0.2, 0.25) is 0 Å². The monoisotopic (exact) mass is 326 g/mol. The van der Waals surface area contributed by atoms with E-state index in [1.165, 1.54) is 0 Å². The summed E-state index contributed by atoms with van der Waals surface area (Å²) >= 11 is 0. The normalized spacial score (nSPS) is 11.6. The molecule has 2 rings (SSSR count). The van der Waals surface area contributed by atoms with Crippen molar-refractivity contribution in [2.75, 3.05) is 13.2 Å². The number of hydrogen-bond acceptors (Lipinski definition) is 4. The van der Waals surface area contributed by atoms with E-state index in [1.807, 2.05) is 42.5 Å². The van der Waals surface area contributed by atoms with Crippen LogP contribution < -0.4 is 0 Å². The van der Waals surface area contributed by atoms with Crippen molar-refractivity contribution in [1.29, 1.82) is 0 Å². The number of carbonyl (C=O) groups excluding carboxylic acids is 2. The molecule has 0 saturated heterocycles. The van der Waals surface area contributed by atoms with Crippen LogP contribution in [-0.4, -0.2) is 25.2 Å². The Morgan fingerprint density at radius 1 is 0.875 bits per heavy atom. The minimum Gasteiger partial charge on any atom is -0.466 e. The fraction of sp³-hybridized carbons (Fsp3) is 0.300. The zero-order valence-corrected chi connectivity index (χ0v) is 14.0. The van der Waals surface area contributed by atoms with Gasteiger partial charge in [-0.2, -0.15) is 0 Å². The molecule has 0 heterocycles. The number of ether oxygens (including phenoxy) is 2. The summed E-state index contributed by atoms with van der Waals surface area (Å²) in [6.07, 6.45) is 0.226. The lowest BCUT2D eigenvalue weighted by Crippen LogP contribution is -2.12. The molecule has 0 radical (unpaired) electrons. The Bertz CT molecular complexity index is 679. The Morgan fingerprint density at radius 2 is 1.54 bits per heavy atom. The number of esters is 2. The Balaban J connectivity index is 2.34. The van der Waals surface area contributed by atoms with Crippen LogP contribution in [0, 0.1) is 0 Å². The summed E-state index contributed by atoms with van der Waals surface area (Å²) in [6.45, 7) is 4.24. The maximum atomic E-state index is 12.0. The van der Waals surface area contributed by atoms with Crippen molar-refractivity contribution in [3.05, 3.63) is 71.3 Å².